The fourth-order valence-corrected chi connectivity index (χ4v) is 3.46. The van der Waals surface area contributed by atoms with Crippen LogP contribution in [0, 0.1) is 12.8 Å². The van der Waals surface area contributed by atoms with Gasteiger partial charge in [-0.3, -0.25) is 9.59 Å². The Hall–Kier alpha value is -1.88. The summed E-state index contributed by atoms with van der Waals surface area (Å²) < 4.78 is 0. The third-order valence-corrected chi connectivity index (χ3v) is 4.92. The smallest absolute Gasteiger partial charge is 0.228 e. The maximum atomic E-state index is 12.7. The first kappa shape index (κ1) is 16.0. The van der Waals surface area contributed by atoms with E-state index in [1.807, 2.05) is 36.1 Å². The number of rotatable bonds is 3. The zero-order valence-corrected chi connectivity index (χ0v) is 14.0. The van der Waals surface area contributed by atoms with E-state index in [9.17, 15) is 9.59 Å². The van der Waals surface area contributed by atoms with Gasteiger partial charge in [0.05, 0.1) is 5.92 Å². The van der Waals surface area contributed by atoms with Gasteiger partial charge in [0.25, 0.3) is 0 Å². The number of hydrogen-bond donors (Lipinski definition) is 0. The highest BCUT2D eigenvalue weighted by Gasteiger charge is 2.37. The van der Waals surface area contributed by atoms with Crippen molar-refractivity contribution in [3.05, 3.63) is 29.8 Å². The minimum Gasteiger partial charge on any atom is -0.340 e. The number of anilines is 1. The lowest BCUT2D eigenvalue weighted by Gasteiger charge is -2.35. The van der Waals surface area contributed by atoms with E-state index in [0.29, 0.717) is 13.0 Å². The van der Waals surface area contributed by atoms with E-state index in [4.69, 9.17) is 0 Å². The number of nitrogens with zero attached hydrogens (tertiary/aromatic N) is 3. The molecule has 0 radical (unpaired) electrons. The molecule has 2 fully saturated rings. The van der Waals surface area contributed by atoms with Crippen LogP contribution < -0.4 is 4.90 Å². The maximum absolute atomic E-state index is 12.7. The summed E-state index contributed by atoms with van der Waals surface area (Å²) in [6.45, 7) is 9.13. The summed E-state index contributed by atoms with van der Waals surface area (Å²) in [7, 11) is 0. The summed E-state index contributed by atoms with van der Waals surface area (Å²) >= 11 is 0. The zero-order valence-electron chi connectivity index (χ0n) is 14.0. The lowest BCUT2D eigenvalue weighted by atomic mass is 10.1. The molecule has 0 aliphatic carbocycles. The van der Waals surface area contributed by atoms with Crippen molar-refractivity contribution in [2.45, 2.75) is 20.3 Å². The normalized spacial score (nSPS) is 22.7. The van der Waals surface area contributed by atoms with Crippen molar-refractivity contribution in [2.75, 3.05) is 44.2 Å². The molecule has 2 aliphatic rings. The molecule has 5 nitrogen and oxygen atoms in total. The highest BCUT2D eigenvalue weighted by atomic mass is 16.2. The molecule has 0 saturated carbocycles. The Morgan fingerprint density at radius 2 is 1.96 bits per heavy atom. The average molecular weight is 315 g/mol. The predicted molar refractivity (Wildman–Crippen MR) is 90.3 cm³/mol. The first-order chi connectivity index (χ1) is 11.1. The summed E-state index contributed by atoms with van der Waals surface area (Å²) in [5.41, 5.74) is 2.03. The van der Waals surface area contributed by atoms with Crippen LogP contribution in [0.4, 0.5) is 5.69 Å². The minimum absolute atomic E-state index is 0.0566. The van der Waals surface area contributed by atoms with Gasteiger partial charge >= 0.3 is 0 Å². The fraction of sp³-hybridized carbons (Fsp3) is 0.556. The molecule has 1 aromatic carbocycles. The highest BCUT2D eigenvalue weighted by molar-refractivity contribution is 6.00. The lowest BCUT2D eigenvalue weighted by Crippen LogP contribution is -2.50. The summed E-state index contributed by atoms with van der Waals surface area (Å²) in [4.78, 5) is 31.1. The maximum Gasteiger partial charge on any atom is 0.228 e. The minimum atomic E-state index is -0.198. The highest BCUT2D eigenvalue weighted by Crippen LogP contribution is 2.27. The molecule has 2 amide bonds. The molecule has 3 rings (SSSR count). The number of piperazine rings is 1. The van der Waals surface area contributed by atoms with Crippen molar-refractivity contribution in [3.8, 4) is 0 Å². The Labute approximate surface area is 137 Å². The van der Waals surface area contributed by atoms with E-state index in [-0.39, 0.29) is 17.7 Å². The second kappa shape index (κ2) is 6.71. The molecule has 1 atom stereocenters. The van der Waals surface area contributed by atoms with Crippen molar-refractivity contribution < 1.29 is 9.59 Å². The van der Waals surface area contributed by atoms with Gasteiger partial charge in [-0.2, -0.15) is 0 Å². The Morgan fingerprint density at radius 3 is 2.61 bits per heavy atom. The van der Waals surface area contributed by atoms with Gasteiger partial charge in [-0.15, -0.1) is 0 Å². The van der Waals surface area contributed by atoms with E-state index >= 15 is 0 Å². The van der Waals surface area contributed by atoms with Crippen LogP contribution in [0.1, 0.15) is 18.9 Å². The van der Waals surface area contributed by atoms with Gasteiger partial charge in [0.2, 0.25) is 11.8 Å². The van der Waals surface area contributed by atoms with E-state index in [1.54, 1.807) is 4.90 Å². The van der Waals surface area contributed by atoms with Gasteiger partial charge in [0.1, 0.15) is 0 Å². The lowest BCUT2D eigenvalue weighted by molar-refractivity contribution is -0.137. The number of amides is 2. The second-order valence-electron chi connectivity index (χ2n) is 6.50. The molecule has 2 saturated heterocycles. The molecule has 0 spiro atoms. The van der Waals surface area contributed by atoms with Crippen LogP contribution in [0.5, 0.6) is 0 Å². The van der Waals surface area contributed by atoms with Crippen molar-refractivity contribution >= 4 is 17.5 Å². The molecule has 1 aromatic rings. The molecular formula is C18H25N3O2. The summed E-state index contributed by atoms with van der Waals surface area (Å²) in [6, 6.07) is 7.92. The first-order valence-electron chi connectivity index (χ1n) is 8.46. The number of carbonyl (C=O) groups is 2. The Balaban J connectivity index is 1.64. The monoisotopic (exact) mass is 315 g/mol. The molecule has 0 N–H and O–H groups in total. The van der Waals surface area contributed by atoms with Crippen LogP contribution in [-0.4, -0.2) is 60.9 Å². The van der Waals surface area contributed by atoms with Crippen molar-refractivity contribution in [1.82, 2.24) is 9.80 Å². The summed E-state index contributed by atoms with van der Waals surface area (Å²) in [6.07, 6.45) is 0.334. The molecule has 0 bridgehead atoms. The van der Waals surface area contributed by atoms with E-state index in [0.717, 1.165) is 44.0 Å². The van der Waals surface area contributed by atoms with Gasteiger partial charge in [-0.1, -0.05) is 19.1 Å². The number of hydrogen-bond acceptors (Lipinski definition) is 3. The average Bonchev–Trinajstić information content (AvgIpc) is 2.96. The summed E-state index contributed by atoms with van der Waals surface area (Å²) in [5, 5.41) is 0. The van der Waals surface area contributed by atoms with Crippen LogP contribution in [-0.2, 0) is 9.59 Å². The molecule has 0 unspecified atom stereocenters. The summed E-state index contributed by atoms with van der Waals surface area (Å²) in [5.74, 6) is 0.00147. The fourth-order valence-electron chi connectivity index (χ4n) is 3.46. The number of carbonyl (C=O) groups excluding carboxylic acids is 2. The van der Waals surface area contributed by atoms with E-state index < -0.39 is 0 Å². The van der Waals surface area contributed by atoms with E-state index in [1.165, 1.54) is 0 Å². The molecule has 124 valence electrons. The van der Waals surface area contributed by atoms with Crippen LogP contribution in [0.25, 0.3) is 0 Å². The van der Waals surface area contributed by atoms with Crippen LogP contribution in [0.15, 0.2) is 24.3 Å². The third kappa shape index (κ3) is 3.39. The molecule has 23 heavy (non-hydrogen) atoms. The largest absolute Gasteiger partial charge is 0.340 e. The van der Waals surface area contributed by atoms with Crippen LogP contribution in [0.2, 0.25) is 0 Å². The Morgan fingerprint density at radius 1 is 1.22 bits per heavy atom. The van der Waals surface area contributed by atoms with Gasteiger partial charge in [-0.05, 0) is 31.2 Å². The standard InChI is InChI=1S/C18H25N3O2/c1-3-19-7-9-20(10-8-19)18(23)15-12-17(22)21(13-15)16-6-4-5-14(2)11-16/h4-6,11,15H,3,7-10,12-13H2,1-2H3/t15-/m0/s1. The van der Waals surface area contributed by atoms with Gasteiger partial charge in [-0.25, -0.2) is 0 Å². The molecular weight excluding hydrogens is 290 g/mol. The number of benzene rings is 1. The predicted octanol–water partition coefficient (Wildman–Crippen LogP) is 1.51. The number of likely N-dealkylation sites (N-methyl/N-ethyl adjacent to an activating group) is 1. The number of aryl methyl sites for hydroxylation is 1. The van der Waals surface area contributed by atoms with Gasteiger partial charge < -0.3 is 14.7 Å². The van der Waals surface area contributed by atoms with Gasteiger partial charge in [0.15, 0.2) is 0 Å². The molecule has 2 heterocycles. The van der Waals surface area contributed by atoms with Gasteiger partial charge in [0, 0.05) is 44.8 Å². The quantitative estimate of drug-likeness (QED) is 0.849. The van der Waals surface area contributed by atoms with Crippen molar-refractivity contribution in [2.24, 2.45) is 5.92 Å². The third-order valence-electron chi connectivity index (χ3n) is 4.92. The Bertz CT molecular complexity index is 594. The first-order valence-corrected chi connectivity index (χ1v) is 8.46. The SMILES string of the molecule is CCN1CCN(C(=O)[C@H]2CC(=O)N(c3cccc(C)c3)C2)CC1. The van der Waals surface area contributed by atoms with E-state index in [2.05, 4.69) is 11.8 Å². The topological polar surface area (TPSA) is 43.9 Å². The van der Waals surface area contributed by atoms with Crippen molar-refractivity contribution in [1.29, 1.82) is 0 Å². The molecule has 5 heteroatoms. The molecule has 2 aliphatic heterocycles. The molecule has 0 aromatic heterocycles. The second-order valence-corrected chi connectivity index (χ2v) is 6.50. The Kier molecular flexibility index (Phi) is 4.66. The zero-order chi connectivity index (χ0) is 16.4. The van der Waals surface area contributed by atoms with Crippen LogP contribution in [0.3, 0.4) is 0 Å². The van der Waals surface area contributed by atoms with Crippen LogP contribution >= 0.6 is 0 Å². The van der Waals surface area contributed by atoms with Crippen molar-refractivity contribution in [3.63, 3.8) is 0 Å².